The Morgan fingerprint density at radius 3 is 2.59 bits per heavy atom. The standard InChI is InChI=1S/C13H20N2O2/c1-13(2,3)12(16)14-8-7-10-5-6-11(17-4)15-9-10/h5-6,9H,7-8H2,1-4H3,(H,14,16). The first-order valence-corrected chi connectivity index (χ1v) is 5.70. The normalized spacial score (nSPS) is 11.1. The number of rotatable bonds is 4. The van der Waals surface area contributed by atoms with Crippen molar-refractivity contribution >= 4 is 5.91 Å². The molecular formula is C13H20N2O2. The number of amides is 1. The maximum absolute atomic E-state index is 11.6. The van der Waals surface area contributed by atoms with Gasteiger partial charge >= 0.3 is 0 Å². The zero-order valence-electron chi connectivity index (χ0n) is 10.9. The number of aromatic nitrogens is 1. The molecule has 0 fully saturated rings. The van der Waals surface area contributed by atoms with Crippen LogP contribution >= 0.6 is 0 Å². The molecule has 1 N–H and O–H groups in total. The number of carbonyl (C=O) groups excluding carboxylic acids is 1. The van der Waals surface area contributed by atoms with Crippen LogP contribution in [0.4, 0.5) is 0 Å². The summed E-state index contributed by atoms with van der Waals surface area (Å²) in [7, 11) is 1.59. The predicted octanol–water partition coefficient (Wildman–Crippen LogP) is 1.79. The maximum atomic E-state index is 11.6. The van der Waals surface area contributed by atoms with Crippen LogP contribution in [-0.4, -0.2) is 24.5 Å². The Morgan fingerprint density at radius 1 is 1.41 bits per heavy atom. The van der Waals surface area contributed by atoms with Gasteiger partial charge < -0.3 is 10.1 Å². The van der Waals surface area contributed by atoms with Crippen molar-refractivity contribution in [3.8, 4) is 5.88 Å². The van der Waals surface area contributed by atoms with Crippen LogP contribution in [0.15, 0.2) is 18.3 Å². The van der Waals surface area contributed by atoms with Gasteiger partial charge in [-0.1, -0.05) is 26.8 Å². The highest BCUT2D eigenvalue weighted by Gasteiger charge is 2.20. The largest absolute Gasteiger partial charge is 0.481 e. The van der Waals surface area contributed by atoms with Gasteiger partial charge in [0.15, 0.2) is 0 Å². The highest BCUT2D eigenvalue weighted by atomic mass is 16.5. The fourth-order valence-corrected chi connectivity index (χ4v) is 1.27. The number of methoxy groups -OCH3 is 1. The van der Waals surface area contributed by atoms with E-state index in [1.54, 1.807) is 13.3 Å². The van der Waals surface area contributed by atoms with Gasteiger partial charge in [0.05, 0.1) is 7.11 Å². The molecule has 0 aliphatic heterocycles. The molecule has 0 saturated carbocycles. The van der Waals surface area contributed by atoms with E-state index in [2.05, 4.69) is 10.3 Å². The van der Waals surface area contributed by atoms with Gasteiger partial charge in [-0.25, -0.2) is 4.98 Å². The van der Waals surface area contributed by atoms with E-state index in [9.17, 15) is 4.79 Å². The van der Waals surface area contributed by atoms with Gasteiger partial charge in [0.1, 0.15) is 0 Å². The second-order valence-corrected chi connectivity index (χ2v) is 4.96. The van der Waals surface area contributed by atoms with Gasteiger partial charge in [-0.2, -0.15) is 0 Å². The van der Waals surface area contributed by atoms with Crippen molar-refractivity contribution < 1.29 is 9.53 Å². The summed E-state index contributed by atoms with van der Waals surface area (Å²) in [6, 6.07) is 3.77. The first kappa shape index (κ1) is 13.5. The summed E-state index contributed by atoms with van der Waals surface area (Å²) in [4.78, 5) is 15.7. The minimum absolute atomic E-state index is 0.0685. The second kappa shape index (κ2) is 5.66. The topological polar surface area (TPSA) is 51.2 Å². The third-order valence-electron chi connectivity index (χ3n) is 2.39. The molecule has 4 nitrogen and oxygen atoms in total. The minimum Gasteiger partial charge on any atom is -0.481 e. The number of carbonyl (C=O) groups is 1. The summed E-state index contributed by atoms with van der Waals surface area (Å²) in [6.45, 7) is 6.33. The van der Waals surface area contributed by atoms with Crippen LogP contribution in [0.2, 0.25) is 0 Å². The van der Waals surface area contributed by atoms with Crippen LogP contribution in [0.5, 0.6) is 5.88 Å². The van der Waals surface area contributed by atoms with E-state index in [1.807, 2.05) is 32.9 Å². The zero-order valence-corrected chi connectivity index (χ0v) is 10.9. The molecule has 0 spiro atoms. The molecule has 1 aromatic rings. The monoisotopic (exact) mass is 236 g/mol. The Bertz CT molecular complexity index is 366. The van der Waals surface area contributed by atoms with Crippen LogP contribution in [0, 0.1) is 5.41 Å². The molecule has 17 heavy (non-hydrogen) atoms. The molecule has 0 saturated heterocycles. The number of pyridine rings is 1. The van der Waals surface area contributed by atoms with Crippen molar-refractivity contribution in [2.75, 3.05) is 13.7 Å². The van der Waals surface area contributed by atoms with Crippen molar-refractivity contribution in [3.05, 3.63) is 23.9 Å². The van der Waals surface area contributed by atoms with E-state index in [0.29, 0.717) is 12.4 Å². The zero-order chi connectivity index (χ0) is 12.9. The van der Waals surface area contributed by atoms with Gasteiger partial charge in [0, 0.05) is 24.2 Å². The van der Waals surface area contributed by atoms with Crippen molar-refractivity contribution in [1.82, 2.24) is 10.3 Å². The molecule has 4 heteroatoms. The van der Waals surface area contributed by atoms with E-state index in [1.165, 1.54) is 0 Å². The summed E-state index contributed by atoms with van der Waals surface area (Å²) >= 11 is 0. The minimum atomic E-state index is -0.335. The second-order valence-electron chi connectivity index (χ2n) is 4.96. The van der Waals surface area contributed by atoms with E-state index >= 15 is 0 Å². The third kappa shape index (κ3) is 4.43. The van der Waals surface area contributed by atoms with Crippen LogP contribution in [-0.2, 0) is 11.2 Å². The predicted molar refractivity (Wildman–Crippen MR) is 67.0 cm³/mol. The number of nitrogens with zero attached hydrogens (tertiary/aromatic N) is 1. The van der Waals surface area contributed by atoms with Crippen LogP contribution < -0.4 is 10.1 Å². The number of nitrogens with one attached hydrogen (secondary N) is 1. The Labute approximate surface area is 102 Å². The van der Waals surface area contributed by atoms with Crippen molar-refractivity contribution in [1.29, 1.82) is 0 Å². The van der Waals surface area contributed by atoms with Crippen molar-refractivity contribution in [2.45, 2.75) is 27.2 Å². The number of hydrogen-bond acceptors (Lipinski definition) is 3. The fraction of sp³-hybridized carbons (Fsp3) is 0.538. The third-order valence-corrected chi connectivity index (χ3v) is 2.39. The van der Waals surface area contributed by atoms with E-state index in [0.717, 1.165) is 12.0 Å². The first-order chi connectivity index (χ1) is 7.93. The molecule has 1 heterocycles. The summed E-state index contributed by atoms with van der Waals surface area (Å²) in [5, 5.41) is 2.90. The molecule has 0 unspecified atom stereocenters. The Hall–Kier alpha value is -1.58. The molecule has 0 bridgehead atoms. The molecule has 0 atom stereocenters. The van der Waals surface area contributed by atoms with E-state index in [4.69, 9.17) is 4.74 Å². The van der Waals surface area contributed by atoms with Gasteiger partial charge in [-0.15, -0.1) is 0 Å². The molecule has 1 amide bonds. The van der Waals surface area contributed by atoms with E-state index < -0.39 is 0 Å². The van der Waals surface area contributed by atoms with Crippen LogP contribution in [0.3, 0.4) is 0 Å². The highest BCUT2D eigenvalue weighted by Crippen LogP contribution is 2.12. The summed E-state index contributed by atoms with van der Waals surface area (Å²) in [5.41, 5.74) is 0.748. The average molecular weight is 236 g/mol. The van der Waals surface area contributed by atoms with Crippen molar-refractivity contribution in [3.63, 3.8) is 0 Å². The molecule has 0 aliphatic carbocycles. The Kier molecular flexibility index (Phi) is 4.49. The van der Waals surface area contributed by atoms with Gasteiger partial charge in [-0.05, 0) is 12.0 Å². The molecule has 1 rings (SSSR count). The summed E-state index contributed by atoms with van der Waals surface area (Å²) in [5.74, 6) is 0.673. The smallest absolute Gasteiger partial charge is 0.225 e. The lowest BCUT2D eigenvalue weighted by Gasteiger charge is -2.17. The van der Waals surface area contributed by atoms with Crippen LogP contribution in [0.25, 0.3) is 0 Å². The molecule has 0 aliphatic rings. The summed E-state index contributed by atoms with van der Waals surface area (Å²) < 4.78 is 4.98. The quantitative estimate of drug-likeness (QED) is 0.867. The Balaban J connectivity index is 2.38. The van der Waals surface area contributed by atoms with Gasteiger partial charge in [0.2, 0.25) is 11.8 Å². The molecule has 0 radical (unpaired) electrons. The highest BCUT2D eigenvalue weighted by molar-refractivity contribution is 5.81. The van der Waals surface area contributed by atoms with Gasteiger partial charge in [-0.3, -0.25) is 4.79 Å². The lowest BCUT2D eigenvalue weighted by Crippen LogP contribution is -2.35. The van der Waals surface area contributed by atoms with Gasteiger partial charge in [0.25, 0.3) is 0 Å². The maximum Gasteiger partial charge on any atom is 0.225 e. The molecular weight excluding hydrogens is 216 g/mol. The molecule has 1 aromatic heterocycles. The average Bonchev–Trinajstić information content (AvgIpc) is 2.28. The van der Waals surface area contributed by atoms with Crippen molar-refractivity contribution in [2.24, 2.45) is 5.41 Å². The Morgan fingerprint density at radius 2 is 2.12 bits per heavy atom. The SMILES string of the molecule is COc1ccc(CCNC(=O)C(C)(C)C)cn1. The first-order valence-electron chi connectivity index (χ1n) is 5.70. The lowest BCUT2D eigenvalue weighted by molar-refractivity contribution is -0.128. The molecule has 0 aromatic carbocycles. The summed E-state index contributed by atoms with van der Waals surface area (Å²) in [6.07, 6.45) is 2.54. The van der Waals surface area contributed by atoms with E-state index in [-0.39, 0.29) is 11.3 Å². The number of hydrogen-bond donors (Lipinski definition) is 1. The fourth-order valence-electron chi connectivity index (χ4n) is 1.27. The number of ether oxygens (including phenoxy) is 1. The molecule has 94 valence electrons. The lowest BCUT2D eigenvalue weighted by atomic mass is 9.96. The van der Waals surface area contributed by atoms with Crippen LogP contribution in [0.1, 0.15) is 26.3 Å².